The second-order valence-electron chi connectivity index (χ2n) is 6.08. The second kappa shape index (κ2) is 7.95. The number of imidazole rings is 1. The molecule has 0 spiro atoms. The van der Waals surface area contributed by atoms with Crippen LogP contribution in [0.3, 0.4) is 0 Å². The van der Waals surface area contributed by atoms with Gasteiger partial charge in [-0.05, 0) is 36.8 Å². The maximum Gasteiger partial charge on any atom is 0.332 e. The van der Waals surface area contributed by atoms with Crippen LogP contribution in [0, 0.1) is 0 Å². The minimum Gasteiger partial charge on any atom is -0.494 e. The summed E-state index contributed by atoms with van der Waals surface area (Å²) in [6.07, 6.45) is 3.28. The number of aryl methyl sites for hydroxylation is 1. The van der Waals surface area contributed by atoms with Crippen molar-refractivity contribution in [3.63, 3.8) is 0 Å². The molecule has 0 aliphatic carbocycles. The lowest BCUT2D eigenvalue weighted by atomic mass is 10.2. The number of ether oxygens (including phenoxy) is 1. The molecule has 2 aromatic heterocycles. The Hall–Kier alpha value is -3.62. The normalized spacial score (nSPS) is 11.2. The van der Waals surface area contributed by atoms with E-state index < -0.39 is 11.2 Å². The fourth-order valence-electron chi connectivity index (χ4n) is 2.82. The van der Waals surface area contributed by atoms with Gasteiger partial charge in [-0.3, -0.25) is 18.5 Å². The van der Waals surface area contributed by atoms with Crippen molar-refractivity contribution in [1.82, 2.24) is 18.7 Å². The lowest BCUT2D eigenvalue weighted by Crippen LogP contribution is -2.37. The van der Waals surface area contributed by atoms with E-state index in [-0.39, 0.29) is 5.65 Å². The van der Waals surface area contributed by atoms with Gasteiger partial charge in [0.1, 0.15) is 5.75 Å². The first-order chi connectivity index (χ1) is 13.5. The number of nitrogens with one attached hydrogen (secondary N) is 1. The molecule has 1 aromatic carbocycles. The molecule has 9 heteroatoms. The Balaban J connectivity index is 1.96. The number of anilines is 1. The fraction of sp³-hybridized carbons (Fsp3) is 0.263. The molecule has 3 rings (SSSR count). The van der Waals surface area contributed by atoms with Crippen molar-refractivity contribution in [3.8, 4) is 5.75 Å². The molecule has 0 aliphatic rings. The highest BCUT2D eigenvalue weighted by Crippen LogP contribution is 2.16. The maximum atomic E-state index is 12.6. The predicted octanol–water partition coefficient (Wildman–Crippen LogP) is 1.46. The zero-order valence-corrected chi connectivity index (χ0v) is 16.0. The van der Waals surface area contributed by atoms with Crippen LogP contribution in [-0.4, -0.2) is 31.5 Å². The van der Waals surface area contributed by atoms with E-state index in [1.165, 1.54) is 11.6 Å². The van der Waals surface area contributed by atoms with Crippen molar-refractivity contribution < 1.29 is 4.74 Å². The lowest BCUT2D eigenvalue weighted by Gasteiger charge is -2.06. The van der Waals surface area contributed by atoms with Crippen molar-refractivity contribution in [2.24, 2.45) is 19.2 Å². The summed E-state index contributed by atoms with van der Waals surface area (Å²) in [5, 5.41) is 4.20. The van der Waals surface area contributed by atoms with Crippen LogP contribution in [0.2, 0.25) is 0 Å². The van der Waals surface area contributed by atoms with E-state index in [1.54, 1.807) is 23.9 Å². The Kier molecular flexibility index (Phi) is 5.44. The highest BCUT2D eigenvalue weighted by atomic mass is 16.5. The van der Waals surface area contributed by atoms with Gasteiger partial charge in [-0.1, -0.05) is 6.08 Å². The highest BCUT2D eigenvalue weighted by Gasteiger charge is 2.18. The third-order valence-electron chi connectivity index (χ3n) is 4.23. The van der Waals surface area contributed by atoms with Crippen molar-refractivity contribution in [3.05, 3.63) is 63.3 Å². The minimum atomic E-state index is -0.440. The quantitative estimate of drug-likeness (QED) is 0.379. The van der Waals surface area contributed by atoms with Gasteiger partial charge < -0.3 is 4.74 Å². The average molecular weight is 382 g/mol. The third kappa shape index (κ3) is 3.46. The number of nitrogens with zero attached hydrogens (tertiary/aromatic N) is 5. The summed E-state index contributed by atoms with van der Waals surface area (Å²) in [7, 11) is 3.01. The van der Waals surface area contributed by atoms with E-state index in [9.17, 15) is 9.59 Å². The standard InChI is InChI=1S/C19H22N6O3/c1-5-11-25-15-16(23(3)19(27)24(4)17(15)26)21-18(25)22-20-12-13-7-9-14(10-8-13)28-6-2/h5,7-10,12H,1,6,11H2,2-4H3,(H,21,22)/b20-12-. The van der Waals surface area contributed by atoms with Crippen LogP contribution in [0.5, 0.6) is 5.75 Å². The van der Waals surface area contributed by atoms with Crippen molar-refractivity contribution in [2.75, 3.05) is 12.0 Å². The van der Waals surface area contributed by atoms with E-state index in [0.29, 0.717) is 24.6 Å². The van der Waals surface area contributed by atoms with Gasteiger partial charge in [-0.15, -0.1) is 6.58 Å². The van der Waals surface area contributed by atoms with Crippen LogP contribution in [0.4, 0.5) is 5.95 Å². The third-order valence-corrected chi connectivity index (χ3v) is 4.23. The summed E-state index contributed by atoms with van der Waals surface area (Å²) in [6.45, 7) is 6.60. The summed E-state index contributed by atoms with van der Waals surface area (Å²) >= 11 is 0. The molecule has 0 fully saturated rings. The van der Waals surface area contributed by atoms with E-state index in [4.69, 9.17) is 4.74 Å². The first kappa shape index (κ1) is 19.2. The second-order valence-corrected chi connectivity index (χ2v) is 6.08. The summed E-state index contributed by atoms with van der Waals surface area (Å²) in [4.78, 5) is 29.1. The van der Waals surface area contributed by atoms with Crippen LogP contribution in [0.15, 0.2) is 51.6 Å². The predicted molar refractivity (Wildman–Crippen MR) is 109 cm³/mol. The Morgan fingerprint density at radius 1 is 1.21 bits per heavy atom. The molecule has 0 atom stereocenters. The summed E-state index contributed by atoms with van der Waals surface area (Å²) in [5.41, 5.74) is 3.45. The number of hydrazone groups is 1. The molecule has 1 N–H and O–H groups in total. The molecule has 0 unspecified atom stereocenters. The topological polar surface area (TPSA) is 95.4 Å². The molecule has 0 aliphatic heterocycles. The number of allylic oxidation sites excluding steroid dienone is 1. The molecule has 3 aromatic rings. The summed E-state index contributed by atoms with van der Waals surface area (Å²) in [5.74, 6) is 1.13. The number of benzene rings is 1. The number of aromatic nitrogens is 4. The van der Waals surface area contributed by atoms with Crippen molar-refractivity contribution in [1.29, 1.82) is 0 Å². The number of rotatable bonds is 7. The Morgan fingerprint density at radius 2 is 1.93 bits per heavy atom. The smallest absolute Gasteiger partial charge is 0.332 e. The van der Waals surface area contributed by atoms with Gasteiger partial charge in [-0.25, -0.2) is 10.2 Å². The molecule has 28 heavy (non-hydrogen) atoms. The molecular weight excluding hydrogens is 360 g/mol. The van der Waals surface area contributed by atoms with Crippen LogP contribution < -0.4 is 21.4 Å². The molecule has 2 heterocycles. The van der Waals surface area contributed by atoms with E-state index >= 15 is 0 Å². The monoisotopic (exact) mass is 382 g/mol. The van der Waals surface area contributed by atoms with E-state index in [1.807, 2.05) is 31.2 Å². The molecule has 0 saturated carbocycles. The van der Waals surface area contributed by atoms with Gasteiger partial charge in [-0.2, -0.15) is 10.1 Å². The SMILES string of the molecule is C=CCn1c(N/N=C\c2ccc(OCC)cc2)nc2c1c(=O)n(C)c(=O)n2C. The van der Waals surface area contributed by atoms with Gasteiger partial charge in [0.15, 0.2) is 11.2 Å². The zero-order chi connectivity index (χ0) is 20.3. The van der Waals surface area contributed by atoms with Crippen LogP contribution in [0.25, 0.3) is 11.2 Å². The summed E-state index contributed by atoms with van der Waals surface area (Å²) < 4.78 is 9.43. The fourth-order valence-corrected chi connectivity index (χ4v) is 2.82. The van der Waals surface area contributed by atoms with Crippen LogP contribution in [0.1, 0.15) is 12.5 Å². The molecule has 0 saturated heterocycles. The first-order valence-corrected chi connectivity index (χ1v) is 8.77. The molecule has 9 nitrogen and oxygen atoms in total. The van der Waals surface area contributed by atoms with Crippen LogP contribution >= 0.6 is 0 Å². The molecular formula is C19H22N6O3. The lowest BCUT2D eigenvalue weighted by molar-refractivity contribution is 0.340. The van der Waals surface area contributed by atoms with Crippen LogP contribution in [-0.2, 0) is 20.6 Å². The largest absolute Gasteiger partial charge is 0.494 e. The van der Waals surface area contributed by atoms with Crippen molar-refractivity contribution >= 4 is 23.3 Å². The Labute approximate surface area is 161 Å². The number of hydrogen-bond donors (Lipinski definition) is 1. The van der Waals surface area contributed by atoms with E-state index in [0.717, 1.165) is 15.9 Å². The molecule has 0 radical (unpaired) electrons. The Morgan fingerprint density at radius 3 is 2.57 bits per heavy atom. The van der Waals surface area contributed by atoms with Gasteiger partial charge >= 0.3 is 5.69 Å². The maximum absolute atomic E-state index is 12.6. The highest BCUT2D eigenvalue weighted by molar-refractivity contribution is 5.80. The van der Waals surface area contributed by atoms with Gasteiger partial charge in [0.25, 0.3) is 5.56 Å². The first-order valence-electron chi connectivity index (χ1n) is 8.77. The molecule has 0 amide bonds. The van der Waals surface area contributed by atoms with Gasteiger partial charge in [0.2, 0.25) is 5.95 Å². The van der Waals surface area contributed by atoms with Gasteiger partial charge in [0, 0.05) is 20.6 Å². The molecule has 0 bridgehead atoms. The molecule has 146 valence electrons. The Bertz CT molecular complexity index is 1150. The van der Waals surface area contributed by atoms with Gasteiger partial charge in [0.05, 0.1) is 12.8 Å². The number of hydrogen-bond acceptors (Lipinski definition) is 6. The van der Waals surface area contributed by atoms with E-state index in [2.05, 4.69) is 22.1 Å². The average Bonchev–Trinajstić information content (AvgIpc) is 3.05. The van der Waals surface area contributed by atoms with Crippen molar-refractivity contribution in [2.45, 2.75) is 13.5 Å². The summed E-state index contributed by atoms with van der Waals surface area (Å²) in [6, 6.07) is 7.47. The minimum absolute atomic E-state index is 0.286. The zero-order valence-electron chi connectivity index (χ0n) is 16.0. The number of fused-ring (bicyclic) bond motifs is 1.